The first-order chi connectivity index (χ1) is 15.7. The maximum absolute atomic E-state index is 12.0. The van der Waals surface area contributed by atoms with E-state index in [0.717, 1.165) is 11.6 Å². The Bertz CT molecular complexity index is 804. The zero-order valence-electron chi connectivity index (χ0n) is 17.5. The summed E-state index contributed by atoms with van der Waals surface area (Å²) in [4.78, 5) is 12.0. The van der Waals surface area contributed by atoms with E-state index in [2.05, 4.69) is 0 Å². The van der Waals surface area contributed by atoms with Crippen LogP contribution in [-0.2, 0) is 23.7 Å². The van der Waals surface area contributed by atoms with Crippen LogP contribution in [0.4, 0.5) is 0 Å². The first kappa shape index (κ1) is 25.6. The molecule has 12 heteroatoms. The van der Waals surface area contributed by atoms with Crippen molar-refractivity contribution < 1.29 is 59.5 Å². The van der Waals surface area contributed by atoms with E-state index in [1.54, 1.807) is 24.3 Å². The molecular weight excluding hydrogens is 444 g/mol. The maximum Gasteiger partial charge on any atom is 0.330 e. The maximum atomic E-state index is 12.0. The van der Waals surface area contributed by atoms with Gasteiger partial charge in [-0.3, -0.25) is 0 Å². The van der Waals surface area contributed by atoms with Gasteiger partial charge in [0.1, 0.15) is 55.9 Å². The Morgan fingerprint density at radius 2 is 1.67 bits per heavy atom. The smallest absolute Gasteiger partial charge is 0.330 e. The third-order valence-corrected chi connectivity index (χ3v) is 5.49. The van der Waals surface area contributed by atoms with Gasteiger partial charge < -0.3 is 54.7 Å². The third-order valence-electron chi connectivity index (χ3n) is 5.49. The van der Waals surface area contributed by atoms with Crippen LogP contribution in [-0.4, -0.2) is 116 Å². The topological polar surface area (TPSA) is 196 Å². The molecule has 9 atom stereocenters. The van der Waals surface area contributed by atoms with Crippen LogP contribution in [0.2, 0.25) is 0 Å². The summed E-state index contributed by atoms with van der Waals surface area (Å²) in [6.07, 6.45) is -10.5. The van der Waals surface area contributed by atoms with Crippen LogP contribution in [0.25, 0.3) is 6.08 Å². The van der Waals surface area contributed by atoms with Crippen LogP contribution >= 0.6 is 0 Å². The van der Waals surface area contributed by atoms with E-state index in [4.69, 9.17) is 18.9 Å². The quantitative estimate of drug-likeness (QED) is 0.149. The van der Waals surface area contributed by atoms with Crippen LogP contribution in [0, 0.1) is 0 Å². The summed E-state index contributed by atoms with van der Waals surface area (Å²) in [7, 11) is 0. The van der Waals surface area contributed by atoms with Gasteiger partial charge in [0.05, 0.1) is 6.61 Å². The molecule has 0 bridgehead atoms. The van der Waals surface area contributed by atoms with Crippen LogP contribution in [0.5, 0.6) is 0 Å². The summed E-state index contributed by atoms with van der Waals surface area (Å²) >= 11 is 0. The fourth-order valence-corrected chi connectivity index (χ4v) is 3.56. The second-order valence-electron chi connectivity index (χ2n) is 7.75. The summed E-state index contributed by atoms with van der Waals surface area (Å²) in [5.41, 5.74) is 0.753. The fourth-order valence-electron chi connectivity index (χ4n) is 3.56. The Morgan fingerprint density at radius 1 is 0.970 bits per heavy atom. The summed E-state index contributed by atoms with van der Waals surface area (Å²) in [6, 6.07) is 8.93. The molecule has 7 N–H and O–H groups in total. The van der Waals surface area contributed by atoms with Gasteiger partial charge in [-0.25, -0.2) is 4.79 Å². The van der Waals surface area contributed by atoms with Gasteiger partial charge in [0.2, 0.25) is 5.79 Å². The van der Waals surface area contributed by atoms with Gasteiger partial charge in [0.25, 0.3) is 0 Å². The van der Waals surface area contributed by atoms with Gasteiger partial charge in [-0.15, -0.1) is 0 Å². The van der Waals surface area contributed by atoms with E-state index in [0.29, 0.717) is 0 Å². The molecule has 0 amide bonds. The number of carbonyl (C=O) groups is 1. The lowest BCUT2D eigenvalue weighted by Crippen LogP contribution is -2.62. The van der Waals surface area contributed by atoms with Gasteiger partial charge in [-0.1, -0.05) is 30.3 Å². The lowest BCUT2D eigenvalue weighted by Gasteiger charge is -2.43. The fraction of sp³-hybridized carbons (Fsp3) is 0.571. The molecule has 33 heavy (non-hydrogen) atoms. The highest BCUT2D eigenvalue weighted by Crippen LogP contribution is 2.36. The van der Waals surface area contributed by atoms with Crippen molar-refractivity contribution in [3.63, 3.8) is 0 Å². The van der Waals surface area contributed by atoms with Crippen LogP contribution in [0.1, 0.15) is 5.56 Å². The molecule has 12 nitrogen and oxygen atoms in total. The highest BCUT2D eigenvalue weighted by molar-refractivity contribution is 5.87. The molecular formula is C21H28O12. The first-order valence-electron chi connectivity index (χ1n) is 10.3. The van der Waals surface area contributed by atoms with Gasteiger partial charge in [-0.2, -0.15) is 0 Å². The van der Waals surface area contributed by atoms with Crippen molar-refractivity contribution in [3.8, 4) is 0 Å². The highest BCUT2D eigenvalue weighted by Gasteiger charge is 2.58. The van der Waals surface area contributed by atoms with Crippen LogP contribution < -0.4 is 0 Å². The summed E-state index contributed by atoms with van der Waals surface area (Å²) in [5.74, 6) is -3.05. The lowest BCUT2D eigenvalue weighted by molar-refractivity contribution is -0.383. The number of carbonyl (C=O) groups excluding carboxylic acids is 1. The number of hydrogen-bond acceptors (Lipinski definition) is 12. The molecule has 2 fully saturated rings. The third kappa shape index (κ3) is 5.58. The normalized spacial score (nSPS) is 39.1. The molecule has 0 unspecified atom stereocenters. The predicted octanol–water partition coefficient (Wildman–Crippen LogP) is -3.13. The molecule has 0 aromatic heterocycles. The predicted molar refractivity (Wildman–Crippen MR) is 108 cm³/mol. The number of hydrogen-bond donors (Lipinski definition) is 7. The highest BCUT2D eigenvalue weighted by atomic mass is 16.8. The largest absolute Gasteiger partial charge is 0.460 e. The van der Waals surface area contributed by atoms with Gasteiger partial charge in [-0.05, 0) is 11.6 Å². The molecule has 2 heterocycles. The van der Waals surface area contributed by atoms with Crippen molar-refractivity contribution in [2.45, 2.75) is 54.8 Å². The number of esters is 1. The van der Waals surface area contributed by atoms with Crippen LogP contribution in [0.3, 0.4) is 0 Å². The second kappa shape index (κ2) is 11.0. The minimum atomic E-state index is -2.29. The Morgan fingerprint density at radius 3 is 2.27 bits per heavy atom. The number of aliphatic hydroxyl groups excluding tert-OH is 7. The molecule has 184 valence electrons. The Kier molecular flexibility index (Phi) is 8.53. The van der Waals surface area contributed by atoms with Crippen molar-refractivity contribution in [2.75, 3.05) is 19.8 Å². The molecule has 2 aliphatic heterocycles. The van der Waals surface area contributed by atoms with E-state index in [9.17, 15) is 40.5 Å². The van der Waals surface area contributed by atoms with E-state index in [-0.39, 0.29) is 0 Å². The zero-order valence-corrected chi connectivity index (χ0v) is 17.5. The zero-order chi connectivity index (χ0) is 24.2. The second-order valence-corrected chi connectivity index (χ2v) is 7.75. The average Bonchev–Trinajstić information content (AvgIpc) is 3.07. The minimum Gasteiger partial charge on any atom is -0.460 e. The van der Waals surface area contributed by atoms with Gasteiger partial charge in [0.15, 0.2) is 6.29 Å². The Hall–Kier alpha value is -1.97. The molecule has 2 aliphatic rings. The first-order valence-corrected chi connectivity index (χ1v) is 10.3. The van der Waals surface area contributed by atoms with Gasteiger partial charge >= 0.3 is 5.97 Å². The standard InChI is InChI=1S/C21H28O12/c22-8-12-16(26)19(29)21(10-23,32-12)33-20-18(28)17(27)15(25)13(31-20)9-30-14(24)7-6-11-4-2-1-3-5-11/h1-7,12-13,15-20,22-23,25-29H,8-10H2/b7-6+/t12-,13+,15+,16-,17-,18+,19+,20+,21+/m0/s1. The molecule has 0 radical (unpaired) electrons. The van der Waals surface area contributed by atoms with E-state index >= 15 is 0 Å². The average molecular weight is 472 g/mol. The van der Waals surface area contributed by atoms with E-state index in [1.807, 2.05) is 6.07 Å². The van der Waals surface area contributed by atoms with Crippen LogP contribution in [0.15, 0.2) is 36.4 Å². The molecule has 2 saturated heterocycles. The number of rotatable bonds is 8. The number of benzene rings is 1. The van der Waals surface area contributed by atoms with E-state index in [1.165, 1.54) is 6.08 Å². The monoisotopic (exact) mass is 472 g/mol. The van der Waals surface area contributed by atoms with Gasteiger partial charge in [0, 0.05) is 6.08 Å². The van der Waals surface area contributed by atoms with Crippen molar-refractivity contribution in [3.05, 3.63) is 42.0 Å². The molecule has 0 aliphatic carbocycles. The summed E-state index contributed by atoms with van der Waals surface area (Å²) in [5, 5.41) is 69.8. The van der Waals surface area contributed by atoms with Crippen molar-refractivity contribution in [1.82, 2.24) is 0 Å². The molecule has 1 aromatic rings. The molecule has 0 spiro atoms. The summed E-state index contributed by atoms with van der Waals surface area (Å²) < 4.78 is 21.1. The van der Waals surface area contributed by atoms with E-state index < -0.39 is 80.6 Å². The SMILES string of the molecule is O=C(/C=C/c1ccccc1)OC[C@H]1O[C@H](O[C@@]2(CO)O[C@@H](CO)[C@H](O)[C@H]2O)[C@H](O)[C@@H](O)[C@@H]1O. The van der Waals surface area contributed by atoms with Crippen molar-refractivity contribution >= 4 is 12.0 Å². The van der Waals surface area contributed by atoms with Crippen molar-refractivity contribution in [2.24, 2.45) is 0 Å². The Balaban J connectivity index is 1.64. The summed E-state index contributed by atoms with van der Waals surface area (Å²) in [6.45, 7) is -2.23. The van der Waals surface area contributed by atoms with Crippen molar-refractivity contribution in [1.29, 1.82) is 0 Å². The minimum absolute atomic E-state index is 0.528. The molecule has 1 aromatic carbocycles. The Labute approximate surface area is 188 Å². The number of aliphatic hydroxyl groups is 7. The molecule has 3 rings (SSSR count). The number of ether oxygens (including phenoxy) is 4. The molecule has 0 saturated carbocycles. The lowest BCUT2D eigenvalue weighted by atomic mass is 9.99.